The third-order valence-corrected chi connectivity index (χ3v) is 3.94. The number of aliphatic hydroxyl groups is 4. The van der Waals surface area contributed by atoms with E-state index in [1.165, 1.54) is 0 Å². The van der Waals surface area contributed by atoms with Crippen LogP contribution in [0.3, 0.4) is 0 Å². The molecule has 2 aliphatic rings. The first-order valence-electron chi connectivity index (χ1n) is 5.69. The second-order valence-electron chi connectivity index (χ2n) is 4.76. The van der Waals surface area contributed by atoms with Gasteiger partial charge in [-0.3, -0.25) is 0 Å². The topological polar surface area (TPSA) is 90.2 Å². The highest BCUT2D eigenvalue weighted by atomic mass is 16.5. The largest absolute Gasteiger partial charge is 0.390 e. The molecule has 94 valence electrons. The van der Waals surface area contributed by atoms with Crippen LogP contribution in [0.25, 0.3) is 0 Å². The molecule has 0 aromatic carbocycles. The van der Waals surface area contributed by atoms with E-state index in [0.717, 1.165) is 0 Å². The highest BCUT2D eigenvalue weighted by Gasteiger charge is 2.52. The summed E-state index contributed by atoms with van der Waals surface area (Å²) in [5.41, 5.74) is 0. The van der Waals surface area contributed by atoms with Gasteiger partial charge in [0.2, 0.25) is 0 Å². The van der Waals surface area contributed by atoms with E-state index < -0.39 is 24.4 Å². The molecule has 4 atom stereocenters. The van der Waals surface area contributed by atoms with Gasteiger partial charge in [-0.2, -0.15) is 0 Å². The minimum Gasteiger partial charge on any atom is -0.390 e. The average molecular weight is 234 g/mol. The molecule has 0 saturated carbocycles. The Morgan fingerprint density at radius 3 is 2.25 bits per heavy atom. The molecule has 2 fully saturated rings. The second kappa shape index (κ2) is 4.56. The van der Waals surface area contributed by atoms with Crippen molar-refractivity contribution >= 4 is 0 Å². The summed E-state index contributed by atoms with van der Waals surface area (Å²) in [5.74, 6) is 0. The number of piperidine rings is 1. The van der Waals surface area contributed by atoms with Gasteiger partial charge in [-0.05, 0) is 0 Å². The van der Waals surface area contributed by atoms with Crippen LogP contribution >= 0.6 is 0 Å². The normalized spacial score (nSPS) is 43.5. The van der Waals surface area contributed by atoms with Crippen molar-refractivity contribution in [1.29, 1.82) is 0 Å². The zero-order valence-corrected chi connectivity index (χ0v) is 9.20. The fourth-order valence-corrected chi connectivity index (χ4v) is 2.90. The molecule has 0 aromatic heterocycles. The predicted octanol–water partition coefficient (Wildman–Crippen LogP) is -2.71. The van der Waals surface area contributed by atoms with E-state index in [0.29, 0.717) is 37.3 Å². The lowest BCUT2D eigenvalue weighted by atomic mass is 9.90. The van der Waals surface area contributed by atoms with Crippen molar-refractivity contribution in [2.45, 2.75) is 24.4 Å². The lowest BCUT2D eigenvalue weighted by molar-refractivity contribution is -0.969. The number of nitrogens with zero attached hydrogens (tertiary/aromatic N) is 1. The minimum atomic E-state index is -1.16. The van der Waals surface area contributed by atoms with E-state index in [9.17, 15) is 20.4 Å². The molecular formula is C10H20NO5+. The molecule has 6 nitrogen and oxygen atoms in total. The van der Waals surface area contributed by atoms with Crippen molar-refractivity contribution in [1.82, 2.24) is 0 Å². The molecule has 0 unspecified atom stereocenters. The van der Waals surface area contributed by atoms with Crippen LogP contribution in [-0.4, -0.2) is 88.7 Å². The molecule has 16 heavy (non-hydrogen) atoms. The van der Waals surface area contributed by atoms with Gasteiger partial charge in [0.05, 0.1) is 19.8 Å². The van der Waals surface area contributed by atoms with Crippen LogP contribution in [0.1, 0.15) is 0 Å². The Labute approximate surface area is 94.3 Å². The van der Waals surface area contributed by atoms with Crippen molar-refractivity contribution < 1.29 is 29.6 Å². The number of ether oxygens (including phenoxy) is 1. The molecule has 6 heteroatoms. The Hall–Kier alpha value is -0.240. The van der Waals surface area contributed by atoms with Gasteiger partial charge in [0.25, 0.3) is 0 Å². The summed E-state index contributed by atoms with van der Waals surface area (Å²) < 4.78 is 5.70. The van der Waals surface area contributed by atoms with Crippen molar-refractivity contribution in [3.05, 3.63) is 0 Å². The fraction of sp³-hybridized carbons (Fsp3) is 1.00. The summed E-state index contributed by atoms with van der Waals surface area (Å²) in [4.78, 5) is 0. The van der Waals surface area contributed by atoms with Gasteiger partial charge >= 0.3 is 0 Å². The molecule has 2 saturated heterocycles. The van der Waals surface area contributed by atoms with Crippen LogP contribution in [0.15, 0.2) is 0 Å². The summed E-state index contributed by atoms with van der Waals surface area (Å²) in [6.45, 7) is 2.62. The summed E-state index contributed by atoms with van der Waals surface area (Å²) >= 11 is 0. The van der Waals surface area contributed by atoms with E-state index >= 15 is 0 Å². The van der Waals surface area contributed by atoms with Gasteiger partial charge < -0.3 is 29.6 Å². The molecule has 0 radical (unpaired) electrons. The van der Waals surface area contributed by atoms with Gasteiger partial charge in [0.1, 0.15) is 44.0 Å². The van der Waals surface area contributed by atoms with E-state index in [1.54, 1.807) is 0 Å². The first-order chi connectivity index (χ1) is 7.60. The van der Waals surface area contributed by atoms with Gasteiger partial charge in [0, 0.05) is 0 Å². The average Bonchev–Trinajstić information content (AvgIpc) is 2.28. The molecule has 4 N–H and O–H groups in total. The monoisotopic (exact) mass is 234 g/mol. The lowest BCUT2D eigenvalue weighted by Gasteiger charge is -2.53. The Bertz CT molecular complexity index is 243. The number of morpholine rings is 1. The number of quaternary nitrogens is 1. The quantitative estimate of drug-likeness (QED) is 0.370. The van der Waals surface area contributed by atoms with E-state index in [4.69, 9.17) is 4.74 Å². The van der Waals surface area contributed by atoms with Crippen LogP contribution in [0.2, 0.25) is 0 Å². The Morgan fingerprint density at radius 1 is 1.06 bits per heavy atom. The smallest absolute Gasteiger partial charge is 0.141 e. The third-order valence-electron chi connectivity index (χ3n) is 3.94. The number of hydrogen-bond donors (Lipinski definition) is 4. The van der Waals surface area contributed by atoms with Gasteiger partial charge in [0.15, 0.2) is 0 Å². The number of rotatable bonds is 1. The van der Waals surface area contributed by atoms with Crippen molar-refractivity contribution in [3.8, 4) is 0 Å². The second-order valence-corrected chi connectivity index (χ2v) is 4.76. The molecule has 2 heterocycles. The Kier molecular flexibility index (Phi) is 3.48. The van der Waals surface area contributed by atoms with Crippen LogP contribution in [0, 0.1) is 0 Å². The maximum Gasteiger partial charge on any atom is 0.141 e. The SMILES string of the molecule is OC[C@@H]1[C@@H](O)[C@H](O)[C@H](O)C[N+]12CCOCC2. The van der Waals surface area contributed by atoms with Crippen molar-refractivity contribution in [2.75, 3.05) is 39.5 Å². The van der Waals surface area contributed by atoms with Gasteiger partial charge in [-0.1, -0.05) is 0 Å². The Balaban J connectivity index is 2.21. The first-order valence-corrected chi connectivity index (χ1v) is 5.69. The lowest BCUT2D eigenvalue weighted by Crippen LogP contribution is -2.74. The van der Waals surface area contributed by atoms with E-state index in [2.05, 4.69) is 0 Å². The predicted molar refractivity (Wildman–Crippen MR) is 54.6 cm³/mol. The van der Waals surface area contributed by atoms with Crippen LogP contribution in [-0.2, 0) is 4.74 Å². The highest BCUT2D eigenvalue weighted by molar-refractivity contribution is 4.88. The van der Waals surface area contributed by atoms with E-state index in [-0.39, 0.29) is 6.61 Å². The molecule has 0 aliphatic carbocycles. The maximum absolute atomic E-state index is 9.90. The molecule has 2 aliphatic heterocycles. The van der Waals surface area contributed by atoms with Crippen LogP contribution in [0.5, 0.6) is 0 Å². The molecule has 2 rings (SSSR count). The molecule has 0 aromatic rings. The molecule has 0 amide bonds. The first kappa shape index (κ1) is 12.2. The third kappa shape index (κ3) is 1.85. The van der Waals surface area contributed by atoms with Crippen LogP contribution < -0.4 is 0 Å². The summed E-state index contributed by atoms with van der Waals surface area (Å²) in [5, 5.41) is 38.6. The summed E-state index contributed by atoms with van der Waals surface area (Å²) in [7, 11) is 0. The fourth-order valence-electron chi connectivity index (χ4n) is 2.90. The highest BCUT2D eigenvalue weighted by Crippen LogP contribution is 2.28. The van der Waals surface area contributed by atoms with Crippen LogP contribution in [0.4, 0.5) is 0 Å². The van der Waals surface area contributed by atoms with Crippen molar-refractivity contribution in [2.24, 2.45) is 0 Å². The van der Waals surface area contributed by atoms with Gasteiger partial charge in [-0.15, -0.1) is 0 Å². The summed E-state index contributed by atoms with van der Waals surface area (Å²) in [6.07, 6.45) is -3.17. The zero-order valence-electron chi connectivity index (χ0n) is 9.20. The minimum absolute atomic E-state index is 0.190. The molecular weight excluding hydrogens is 214 g/mol. The zero-order chi connectivity index (χ0) is 11.8. The number of aliphatic hydroxyl groups excluding tert-OH is 4. The van der Waals surface area contributed by atoms with Gasteiger partial charge in [-0.25, -0.2) is 0 Å². The maximum atomic E-state index is 9.90. The number of hydrogen-bond acceptors (Lipinski definition) is 5. The standard InChI is InChI=1S/C10H20NO5/c12-6-7-9(14)10(15)8(13)5-11(7)1-3-16-4-2-11/h7-10,12-15H,1-6H2/q+1/t7-,8-,9-,10-/m1/s1. The molecule has 0 bridgehead atoms. The summed E-state index contributed by atoms with van der Waals surface area (Å²) in [6, 6.07) is -0.428. The van der Waals surface area contributed by atoms with E-state index in [1.807, 2.05) is 0 Å². The Morgan fingerprint density at radius 2 is 1.69 bits per heavy atom. The molecule has 1 spiro atoms. The van der Waals surface area contributed by atoms with Crippen molar-refractivity contribution in [3.63, 3.8) is 0 Å².